The van der Waals surface area contributed by atoms with E-state index in [0.717, 1.165) is 6.54 Å². The lowest BCUT2D eigenvalue weighted by Gasteiger charge is -2.49. The van der Waals surface area contributed by atoms with Gasteiger partial charge in [-0.25, -0.2) is 0 Å². The van der Waals surface area contributed by atoms with Crippen LogP contribution >= 0.6 is 11.8 Å². The number of benzene rings is 5. The summed E-state index contributed by atoms with van der Waals surface area (Å²) in [6, 6.07) is 40.4. The fraction of sp³-hybridized carbons (Fsp3) is 0.348. The molecular weight excluding hydrogens is 623 g/mol. The summed E-state index contributed by atoms with van der Waals surface area (Å²) in [7, 11) is 0. The molecule has 0 aliphatic carbocycles. The molecule has 5 aromatic rings. The Balaban J connectivity index is 1.41. The predicted molar refractivity (Wildman–Crippen MR) is 218 cm³/mol. The molecule has 0 radical (unpaired) electrons. The molecule has 50 heavy (non-hydrogen) atoms. The number of rotatable bonds is 3. The van der Waals surface area contributed by atoms with Gasteiger partial charge in [0, 0.05) is 39.3 Å². The van der Waals surface area contributed by atoms with Crippen LogP contribution in [0.1, 0.15) is 102 Å². The summed E-state index contributed by atoms with van der Waals surface area (Å²) in [6.07, 6.45) is 0. The minimum Gasteiger partial charge on any atom is -0.360 e. The van der Waals surface area contributed by atoms with E-state index in [4.69, 9.17) is 0 Å². The van der Waals surface area contributed by atoms with Crippen molar-refractivity contribution in [3.63, 3.8) is 0 Å². The van der Waals surface area contributed by atoms with Gasteiger partial charge in [0.1, 0.15) is 0 Å². The molecule has 5 aromatic carbocycles. The van der Waals surface area contributed by atoms with Crippen LogP contribution in [0.3, 0.4) is 0 Å². The Hall–Kier alpha value is -3.89. The highest BCUT2D eigenvalue weighted by Crippen LogP contribution is 2.55. The molecule has 3 aliphatic rings. The highest BCUT2D eigenvalue weighted by Gasteiger charge is 2.53. The average Bonchev–Trinajstić information content (AvgIpc) is 3.44. The Bertz CT molecular complexity index is 2100. The number of aryl methyl sites for hydroxylation is 1. The summed E-state index contributed by atoms with van der Waals surface area (Å²) >= 11 is 2.12. The maximum absolute atomic E-state index is 2.77. The molecule has 0 aromatic heterocycles. The first-order valence-corrected chi connectivity index (χ1v) is 19.3. The van der Waals surface area contributed by atoms with Crippen molar-refractivity contribution in [2.24, 2.45) is 0 Å². The minimum atomic E-state index is 0.0470. The quantitative estimate of drug-likeness (QED) is 0.176. The van der Waals surface area contributed by atoms with Crippen molar-refractivity contribution in [2.75, 3.05) is 9.80 Å². The standard InChI is InChI=1S/C46H51BN2S/c1-29-24-38-41-39(25-29)49(34-20-16-31(17-21-34)44(2,3)4)37-22-18-33(46(8,9)10)27-36(37)47(41)43-42(48(38)28-30-14-12-11-13-15-30)35-26-32(45(5,6)7)19-23-40(35)50-43/h11-27,42-43H,28H2,1-10H3. The van der Waals surface area contributed by atoms with Crippen LogP contribution < -0.4 is 20.7 Å². The zero-order chi connectivity index (χ0) is 35.3. The summed E-state index contributed by atoms with van der Waals surface area (Å²) in [5.74, 6) is 0. The first kappa shape index (κ1) is 33.3. The van der Waals surface area contributed by atoms with Crippen LogP contribution in [-0.4, -0.2) is 11.9 Å². The van der Waals surface area contributed by atoms with Crippen molar-refractivity contribution in [2.45, 2.75) is 108 Å². The summed E-state index contributed by atoms with van der Waals surface area (Å²) in [4.78, 5) is 6.78. The van der Waals surface area contributed by atoms with Gasteiger partial charge < -0.3 is 9.80 Å². The summed E-state index contributed by atoms with van der Waals surface area (Å²) < 4.78 is 0. The van der Waals surface area contributed by atoms with Gasteiger partial charge >= 0.3 is 0 Å². The first-order chi connectivity index (χ1) is 23.6. The molecule has 2 atom stereocenters. The molecule has 0 spiro atoms. The Morgan fingerprint density at radius 2 is 1.22 bits per heavy atom. The van der Waals surface area contributed by atoms with Gasteiger partial charge in [-0.05, 0) is 104 Å². The van der Waals surface area contributed by atoms with E-state index in [1.165, 1.54) is 72.0 Å². The number of hydrogen-bond acceptors (Lipinski definition) is 3. The maximum atomic E-state index is 2.77. The fourth-order valence-corrected chi connectivity index (χ4v) is 10.0. The van der Waals surface area contributed by atoms with Crippen molar-refractivity contribution < 1.29 is 0 Å². The predicted octanol–water partition coefficient (Wildman–Crippen LogP) is 11.1. The maximum Gasteiger partial charge on any atom is 0.233 e. The average molecular weight is 675 g/mol. The molecule has 2 nitrogen and oxygen atoms in total. The third-order valence-electron chi connectivity index (χ3n) is 11.2. The van der Waals surface area contributed by atoms with Crippen LogP contribution in [0.4, 0.5) is 22.7 Å². The molecule has 2 unspecified atom stereocenters. The summed E-state index contributed by atoms with van der Waals surface area (Å²) in [6.45, 7) is 24.4. The highest BCUT2D eigenvalue weighted by molar-refractivity contribution is 8.02. The second kappa shape index (κ2) is 11.6. The molecule has 254 valence electrons. The lowest BCUT2D eigenvalue weighted by Crippen LogP contribution is -2.63. The summed E-state index contributed by atoms with van der Waals surface area (Å²) in [5.41, 5.74) is 16.7. The molecule has 3 aliphatic heterocycles. The van der Waals surface area contributed by atoms with Crippen LogP contribution in [0, 0.1) is 6.92 Å². The molecule has 3 heterocycles. The minimum absolute atomic E-state index is 0.0470. The third kappa shape index (κ3) is 5.50. The molecule has 0 bridgehead atoms. The number of thioether (sulfide) groups is 1. The first-order valence-electron chi connectivity index (χ1n) is 18.4. The molecular formula is C46H51BN2S. The van der Waals surface area contributed by atoms with E-state index in [9.17, 15) is 0 Å². The van der Waals surface area contributed by atoms with Crippen LogP contribution in [0.2, 0.25) is 0 Å². The van der Waals surface area contributed by atoms with E-state index in [2.05, 4.69) is 194 Å². The van der Waals surface area contributed by atoms with E-state index in [0.29, 0.717) is 5.15 Å². The Morgan fingerprint density at radius 1 is 0.620 bits per heavy atom. The zero-order valence-electron chi connectivity index (χ0n) is 31.6. The van der Waals surface area contributed by atoms with E-state index in [-0.39, 0.29) is 29.0 Å². The second-order valence-electron chi connectivity index (χ2n) is 18.0. The van der Waals surface area contributed by atoms with Gasteiger partial charge in [0.15, 0.2) is 0 Å². The van der Waals surface area contributed by atoms with E-state index in [1.54, 1.807) is 0 Å². The Labute approximate surface area is 305 Å². The molecule has 0 fully saturated rings. The van der Waals surface area contributed by atoms with Crippen LogP contribution in [0.25, 0.3) is 0 Å². The molecule has 4 heteroatoms. The second-order valence-corrected chi connectivity index (χ2v) is 19.2. The van der Waals surface area contributed by atoms with Gasteiger partial charge in [0.25, 0.3) is 0 Å². The molecule has 0 saturated carbocycles. The van der Waals surface area contributed by atoms with Crippen LogP contribution in [0.15, 0.2) is 108 Å². The molecule has 0 amide bonds. The Kier molecular flexibility index (Phi) is 7.70. The molecule has 0 saturated heterocycles. The number of nitrogens with zero attached hydrogens (tertiary/aromatic N) is 2. The van der Waals surface area contributed by atoms with Crippen LogP contribution in [0.5, 0.6) is 0 Å². The van der Waals surface area contributed by atoms with Gasteiger partial charge in [-0.3, -0.25) is 0 Å². The van der Waals surface area contributed by atoms with Gasteiger partial charge in [-0.2, -0.15) is 0 Å². The lowest BCUT2D eigenvalue weighted by molar-refractivity contribution is 0.584. The molecule has 0 N–H and O–H groups in total. The third-order valence-corrected chi connectivity index (χ3v) is 12.7. The lowest BCUT2D eigenvalue weighted by atomic mass is 9.33. The number of anilines is 4. The normalized spacial score (nSPS) is 18.1. The van der Waals surface area contributed by atoms with Gasteiger partial charge in [-0.15, -0.1) is 11.8 Å². The highest BCUT2D eigenvalue weighted by atomic mass is 32.2. The van der Waals surface area contributed by atoms with Crippen molar-refractivity contribution in [3.05, 3.63) is 137 Å². The van der Waals surface area contributed by atoms with Gasteiger partial charge in [0.05, 0.1) is 6.04 Å². The topological polar surface area (TPSA) is 6.48 Å². The van der Waals surface area contributed by atoms with Crippen LogP contribution in [-0.2, 0) is 22.8 Å². The fourth-order valence-electron chi connectivity index (χ4n) is 8.44. The van der Waals surface area contributed by atoms with Crippen molar-refractivity contribution in [1.29, 1.82) is 0 Å². The van der Waals surface area contributed by atoms with E-state index in [1.807, 2.05) is 0 Å². The number of fused-ring (bicyclic) bond motifs is 6. The number of hydrogen-bond donors (Lipinski definition) is 0. The zero-order valence-corrected chi connectivity index (χ0v) is 32.4. The monoisotopic (exact) mass is 674 g/mol. The van der Waals surface area contributed by atoms with Gasteiger partial charge in [-0.1, -0.05) is 129 Å². The smallest absolute Gasteiger partial charge is 0.233 e. The SMILES string of the molecule is Cc1cc2c3c(c1)N(Cc1ccccc1)C1c4cc(C(C)(C)C)ccc4SC1B3c1cc(C(C)(C)C)ccc1N2c1ccc(C(C)(C)C)cc1. The van der Waals surface area contributed by atoms with E-state index >= 15 is 0 Å². The van der Waals surface area contributed by atoms with Crippen molar-refractivity contribution in [3.8, 4) is 0 Å². The Morgan fingerprint density at radius 3 is 1.88 bits per heavy atom. The van der Waals surface area contributed by atoms with Gasteiger partial charge in [0.2, 0.25) is 6.71 Å². The van der Waals surface area contributed by atoms with Crippen molar-refractivity contribution in [1.82, 2.24) is 0 Å². The van der Waals surface area contributed by atoms with Crippen molar-refractivity contribution >= 4 is 52.1 Å². The van der Waals surface area contributed by atoms with E-state index < -0.39 is 0 Å². The largest absolute Gasteiger partial charge is 0.360 e. The molecule has 8 rings (SSSR count). The summed E-state index contributed by atoms with van der Waals surface area (Å²) in [5, 5.41) is 0.345.